The van der Waals surface area contributed by atoms with E-state index in [1.807, 2.05) is 42.5 Å². The molecule has 0 aliphatic carbocycles. The number of anilines is 2. The van der Waals surface area contributed by atoms with E-state index in [0.717, 1.165) is 16.6 Å². The number of carbonyl (C=O) groups is 1. The number of amides is 1. The number of nitrogens with zero attached hydrogens (tertiary/aromatic N) is 1. The third-order valence-corrected chi connectivity index (χ3v) is 4.18. The van der Waals surface area contributed by atoms with E-state index in [0.29, 0.717) is 17.9 Å². The molecule has 0 spiro atoms. The normalized spacial score (nSPS) is 10.3. The highest BCUT2D eigenvalue weighted by molar-refractivity contribution is 9.10. The first-order valence-electron chi connectivity index (χ1n) is 8.02. The molecule has 0 aliphatic rings. The van der Waals surface area contributed by atoms with Crippen LogP contribution in [0.25, 0.3) is 0 Å². The van der Waals surface area contributed by atoms with Gasteiger partial charge in [0.15, 0.2) is 0 Å². The largest absolute Gasteiger partial charge is 0.369 e. The molecule has 1 amide bonds. The molecule has 0 aliphatic heterocycles. The molecular weight excluding hydrogens is 378 g/mol. The molecule has 5 heteroatoms. The lowest BCUT2D eigenvalue weighted by molar-refractivity contribution is 0.102. The fourth-order valence-electron chi connectivity index (χ4n) is 2.46. The Balaban J connectivity index is 1.66. The highest BCUT2D eigenvalue weighted by Gasteiger charge is 2.12. The van der Waals surface area contributed by atoms with Crippen LogP contribution >= 0.6 is 15.9 Å². The summed E-state index contributed by atoms with van der Waals surface area (Å²) in [5.41, 5.74) is 2.50. The molecular formula is C20H18BrN3O. The predicted molar refractivity (Wildman–Crippen MR) is 105 cm³/mol. The molecule has 2 N–H and O–H groups in total. The smallest absolute Gasteiger partial charge is 0.259 e. The van der Waals surface area contributed by atoms with Gasteiger partial charge in [-0.25, -0.2) is 4.98 Å². The Hall–Kier alpha value is -2.66. The van der Waals surface area contributed by atoms with Crippen molar-refractivity contribution in [3.05, 3.63) is 88.5 Å². The summed E-state index contributed by atoms with van der Waals surface area (Å²) in [5.74, 6) is 0.402. The lowest BCUT2D eigenvalue weighted by Crippen LogP contribution is -2.16. The summed E-state index contributed by atoms with van der Waals surface area (Å²) in [6, 6.07) is 21.2. The summed E-state index contributed by atoms with van der Waals surface area (Å²) >= 11 is 3.40. The molecule has 1 heterocycles. The monoisotopic (exact) mass is 395 g/mol. The molecule has 4 nitrogen and oxygen atoms in total. The molecule has 0 unspecified atom stereocenters. The van der Waals surface area contributed by atoms with Crippen LogP contribution in [0.5, 0.6) is 0 Å². The second kappa shape index (κ2) is 8.44. The number of hydrogen-bond acceptors (Lipinski definition) is 3. The zero-order valence-corrected chi connectivity index (χ0v) is 15.2. The minimum Gasteiger partial charge on any atom is -0.369 e. The van der Waals surface area contributed by atoms with Crippen LogP contribution in [-0.2, 0) is 6.42 Å². The van der Waals surface area contributed by atoms with Gasteiger partial charge >= 0.3 is 0 Å². The Kier molecular flexibility index (Phi) is 5.80. The summed E-state index contributed by atoms with van der Waals surface area (Å²) in [5, 5.41) is 6.16. The molecule has 2 aromatic carbocycles. The first kappa shape index (κ1) is 17.2. The molecule has 0 saturated heterocycles. The average Bonchev–Trinajstić information content (AvgIpc) is 2.63. The van der Waals surface area contributed by atoms with E-state index in [2.05, 4.69) is 43.7 Å². The summed E-state index contributed by atoms with van der Waals surface area (Å²) in [6.07, 6.45) is 2.55. The van der Waals surface area contributed by atoms with Crippen molar-refractivity contribution in [2.24, 2.45) is 0 Å². The molecule has 0 atom stereocenters. The summed E-state index contributed by atoms with van der Waals surface area (Å²) in [7, 11) is 0. The Morgan fingerprint density at radius 2 is 1.84 bits per heavy atom. The van der Waals surface area contributed by atoms with Crippen LogP contribution < -0.4 is 10.6 Å². The number of benzene rings is 2. The van der Waals surface area contributed by atoms with Crippen LogP contribution in [0.4, 0.5) is 11.5 Å². The number of pyridine rings is 1. The molecule has 25 heavy (non-hydrogen) atoms. The standard InChI is InChI=1S/C20H18BrN3O/c21-16-8-4-9-17(14-16)24-20(25)18-10-5-12-22-19(18)23-13-11-15-6-2-1-3-7-15/h1-10,12,14H,11,13H2,(H,22,23)(H,24,25). The molecule has 3 rings (SSSR count). The van der Waals surface area contributed by atoms with Crippen molar-refractivity contribution < 1.29 is 4.79 Å². The fraction of sp³-hybridized carbons (Fsp3) is 0.100. The van der Waals surface area contributed by atoms with Gasteiger partial charge in [-0.2, -0.15) is 0 Å². The van der Waals surface area contributed by atoms with Gasteiger partial charge in [-0.1, -0.05) is 52.3 Å². The van der Waals surface area contributed by atoms with Crippen molar-refractivity contribution in [1.82, 2.24) is 4.98 Å². The number of hydrogen-bond donors (Lipinski definition) is 2. The zero-order valence-electron chi connectivity index (χ0n) is 13.6. The van der Waals surface area contributed by atoms with Crippen LogP contribution in [0, 0.1) is 0 Å². The third kappa shape index (κ3) is 4.90. The minimum absolute atomic E-state index is 0.187. The SMILES string of the molecule is O=C(Nc1cccc(Br)c1)c1cccnc1NCCc1ccccc1. The van der Waals surface area contributed by atoms with Crippen LogP contribution in [-0.4, -0.2) is 17.4 Å². The van der Waals surface area contributed by atoms with Gasteiger partial charge in [-0.3, -0.25) is 4.79 Å². The highest BCUT2D eigenvalue weighted by atomic mass is 79.9. The van der Waals surface area contributed by atoms with Crippen molar-refractivity contribution >= 4 is 33.3 Å². The van der Waals surface area contributed by atoms with Gasteiger partial charge in [0.2, 0.25) is 0 Å². The van der Waals surface area contributed by atoms with Crippen molar-refractivity contribution in [3.8, 4) is 0 Å². The van der Waals surface area contributed by atoms with E-state index < -0.39 is 0 Å². The topological polar surface area (TPSA) is 54.0 Å². The highest BCUT2D eigenvalue weighted by Crippen LogP contribution is 2.18. The van der Waals surface area contributed by atoms with Crippen LogP contribution in [0.1, 0.15) is 15.9 Å². The summed E-state index contributed by atoms with van der Waals surface area (Å²) in [6.45, 7) is 0.707. The minimum atomic E-state index is -0.187. The van der Waals surface area contributed by atoms with Gasteiger partial charge in [0, 0.05) is 22.9 Å². The Morgan fingerprint density at radius 1 is 1.00 bits per heavy atom. The first-order chi connectivity index (χ1) is 12.2. The van der Waals surface area contributed by atoms with E-state index in [4.69, 9.17) is 0 Å². The van der Waals surface area contributed by atoms with E-state index in [1.165, 1.54) is 5.56 Å². The number of aromatic nitrogens is 1. The van der Waals surface area contributed by atoms with Crippen molar-refractivity contribution in [1.29, 1.82) is 0 Å². The molecule has 0 bridgehead atoms. The fourth-order valence-corrected chi connectivity index (χ4v) is 2.86. The zero-order chi connectivity index (χ0) is 17.5. The lowest BCUT2D eigenvalue weighted by atomic mass is 10.1. The second-order valence-corrected chi connectivity index (χ2v) is 6.44. The van der Waals surface area contributed by atoms with Gasteiger partial charge in [0.25, 0.3) is 5.91 Å². The number of halogens is 1. The predicted octanol–water partition coefficient (Wildman–Crippen LogP) is 4.75. The van der Waals surface area contributed by atoms with Crippen molar-refractivity contribution in [2.75, 3.05) is 17.2 Å². The first-order valence-corrected chi connectivity index (χ1v) is 8.81. The summed E-state index contributed by atoms with van der Waals surface area (Å²) in [4.78, 5) is 16.9. The number of carbonyl (C=O) groups excluding carboxylic acids is 1. The molecule has 126 valence electrons. The van der Waals surface area contributed by atoms with Crippen LogP contribution in [0.15, 0.2) is 77.4 Å². The van der Waals surface area contributed by atoms with Gasteiger partial charge in [-0.05, 0) is 42.3 Å². The molecule has 0 radical (unpaired) electrons. The Bertz CT molecular complexity index is 852. The van der Waals surface area contributed by atoms with E-state index in [1.54, 1.807) is 18.3 Å². The maximum absolute atomic E-state index is 12.6. The second-order valence-electron chi connectivity index (χ2n) is 5.53. The van der Waals surface area contributed by atoms with E-state index in [9.17, 15) is 4.79 Å². The quantitative estimate of drug-likeness (QED) is 0.632. The number of nitrogens with one attached hydrogen (secondary N) is 2. The maximum atomic E-state index is 12.6. The molecule has 1 aromatic heterocycles. The van der Waals surface area contributed by atoms with E-state index in [-0.39, 0.29) is 5.91 Å². The van der Waals surface area contributed by atoms with Gasteiger partial charge in [0.05, 0.1) is 5.56 Å². The van der Waals surface area contributed by atoms with Gasteiger partial charge < -0.3 is 10.6 Å². The van der Waals surface area contributed by atoms with E-state index >= 15 is 0 Å². The maximum Gasteiger partial charge on any atom is 0.259 e. The Labute approximate surface area is 155 Å². The van der Waals surface area contributed by atoms with Gasteiger partial charge in [0.1, 0.15) is 5.82 Å². The molecule has 0 saturated carbocycles. The average molecular weight is 396 g/mol. The van der Waals surface area contributed by atoms with Gasteiger partial charge in [-0.15, -0.1) is 0 Å². The third-order valence-electron chi connectivity index (χ3n) is 3.68. The lowest BCUT2D eigenvalue weighted by Gasteiger charge is -2.11. The Morgan fingerprint density at radius 3 is 2.64 bits per heavy atom. The van der Waals surface area contributed by atoms with Crippen molar-refractivity contribution in [2.45, 2.75) is 6.42 Å². The molecule has 0 fully saturated rings. The van der Waals surface area contributed by atoms with Crippen LogP contribution in [0.3, 0.4) is 0 Å². The van der Waals surface area contributed by atoms with Crippen molar-refractivity contribution in [3.63, 3.8) is 0 Å². The van der Waals surface area contributed by atoms with Crippen LogP contribution in [0.2, 0.25) is 0 Å². The number of rotatable bonds is 6. The summed E-state index contributed by atoms with van der Waals surface area (Å²) < 4.78 is 0.915. The molecule has 3 aromatic rings.